The van der Waals surface area contributed by atoms with Crippen LogP contribution in [0.3, 0.4) is 0 Å². The second kappa shape index (κ2) is 9.60. The van der Waals surface area contributed by atoms with Crippen LogP contribution in [0.15, 0.2) is 42.1 Å². The van der Waals surface area contributed by atoms with E-state index in [2.05, 4.69) is 16.8 Å². The number of ether oxygens (including phenoxy) is 1. The molecule has 3 rings (SSSR count). The molecule has 0 N–H and O–H groups in total. The molecule has 2 aromatic rings. The van der Waals surface area contributed by atoms with E-state index in [-0.39, 0.29) is 17.6 Å². The summed E-state index contributed by atoms with van der Waals surface area (Å²) in [5.41, 5.74) is 0.836. The molecule has 2 heterocycles. The number of carbonyl (C=O) groups is 2. The van der Waals surface area contributed by atoms with Crippen LogP contribution < -0.4 is 4.74 Å². The predicted molar refractivity (Wildman–Crippen MR) is 112 cm³/mol. The lowest BCUT2D eigenvalue weighted by atomic mass is 10.2. The highest BCUT2D eigenvalue weighted by Gasteiger charge is 2.23. The average molecular weight is 416 g/mol. The molecule has 1 aromatic carbocycles. The van der Waals surface area contributed by atoms with Gasteiger partial charge < -0.3 is 14.5 Å². The van der Waals surface area contributed by atoms with Crippen molar-refractivity contribution < 1.29 is 14.3 Å². The molecule has 1 aliphatic heterocycles. The summed E-state index contributed by atoms with van der Waals surface area (Å²) < 4.78 is 7.37. The Morgan fingerprint density at radius 3 is 2.52 bits per heavy atom. The van der Waals surface area contributed by atoms with E-state index < -0.39 is 0 Å². The number of hydrogen-bond donors (Lipinski definition) is 0. The number of aromatic nitrogens is 3. The summed E-state index contributed by atoms with van der Waals surface area (Å²) in [4.78, 5) is 27.6. The molecule has 0 spiro atoms. The van der Waals surface area contributed by atoms with Crippen LogP contribution in [-0.4, -0.2) is 75.4 Å². The number of para-hydroxylation sites is 1. The lowest BCUT2D eigenvalue weighted by Gasteiger charge is -2.34. The van der Waals surface area contributed by atoms with Crippen molar-refractivity contribution in [1.82, 2.24) is 24.6 Å². The molecule has 1 saturated heterocycles. The van der Waals surface area contributed by atoms with Gasteiger partial charge in [0.05, 0.1) is 18.4 Å². The molecule has 1 fully saturated rings. The Bertz CT molecular complexity index is 890. The molecule has 154 valence electrons. The van der Waals surface area contributed by atoms with Gasteiger partial charge in [0.25, 0.3) is 0 Å². The first-order valence-corrected chi connectivity index (χ1v) is 10.4. The number of amides is 2. The third kappa shape index (κ3) is 4.79. The second-order valence-corrected chi connectivity index (χ2v) is 7.52. The molecule has 2 amide bonds. The molecule has 0 bridgehead atoms. The van der Waals surface area contributed by atoms with Crippen molar-refractivity contribution in [2.45, 2.75) is 18.6 Å². The maximum atomic E-state index is 12.6. The van der Waals surface area contributed by atoms with Gasteiger partial charge in [0.2, 0.25) is 11.8 Å². The molecule has 29 heavy (non-hydrogen) atoms. The summed E-state index contributed by atoms with van der Waals surface area (Å²) in [7, 11) is 1.62. The summed E-state index contributed by atoms with van der Waals surface area (Å²) >= 11 is 1.35. The highest BCUT2D eigenvalue weighted by atomic mass is 32.2. The Labute approximate surface area is 174 Å². The minimum atomic E-state index is 0.0326. The van der Waals surface area contributed by atoms with E-state index in [9.17, 15) is 9.59 Å². The molecule has 1 aromatic heterocycles. The van der Waals surface area contributed by atoms with Crippen LogP contribution >= 0.6 is 11.8 Å². The topological polar surface area (TPSA) is 80.6 Å². The molecule has 1 aliphatic rings. The number of thioether (sulfide) groups is 1. The second-order valence-electron chi connectivity index (χ2n) is 6.58. The first kappa shape index (κ1) is 20.9. The van der Waals surface area contributed by atoms with Gasteiger partial charge in [-0.25, -0.2) is 0 Å². The fourth-order valence-corrected chi connectivity index (χ4v) is 4.06. The molecule has 8 nitrogen and oxygen atoms in total. The van der Waals surface area contributed by atoms with Crippen LogP contribution in [0.25, 0.3) is 11.4 Å². The van der Waals surface area contributed by atoms with Gasteiger partial charge >= 0.3 is 0 Å². The SMILES string of the molecule is C=CCn1c(SCC(=O)N2CCN(C(C)=O)CC2)nnc1-c1ccccc1OC. The minimum absolute atomic E-state index is 0.0326. The third-order valence-corrected chi connectivity index (χ3v) is 5.73. The number of benzene rings is 1. The Morgan fingerprint density at radius 1 is 1.17 bits per heavy atom. The van der Waals surface area contributed by atoms with Crippen molar-refractivity contribution in [3.63, 3.8) is 0 Å². The predicted octanol–water partition coefficient (Wildman–Crippen LogP) is 1.92. The van der Waals surface area contributed by atoms with E-state index in [1.54, 1.807) is 29.9 Å². The molecule has 0 saturated carbocycles. The number of allylic oxidation sites excluding steroid dienone is 1. The van der Waals surface area contributed by atoms with Gasteiger partial charge in [-0.3, -0.25) is 14.2 Å². The van der Waals surface area contributed by atoms with Gasteiger partial charge in [0.1, 0.15) is 5.75 Å². The third-order valence-electron chi connectivity index (χ3n) is 4.78. The number of rotatable bonds is 7. The molecule has 0 unspecified atom stereocenters. The van der Waals surface area contributed by atoms with Crippen LogP contribution in [-0.2, 0) is 16.1 Å². The zero-order chi connectivity index (χ0) is 20.8. The summed E-state index contributed by atoms with van der Waals surface area (Å²) in [5.74, 6) is 1.73. The highest BCUT2D eigenvalue weighted by Crippen LogP contribution is 2.31. The minimum Gasteiger partial charge on any atom is -0.496 e. The van der Waals surface area contributed by atoms with Gasteiger partial charge in [-0.2, -0.15) is 0 Å². The van der Waals surface area contributed by atoms with Gasteiger partial charge in [-0.05, 0) is 12.1 Å². The van der Waals surface area contributed by atoms with E-state index in [0.717, 1.165) is 5.56 Å². The average Bonchev–Trinajstić information content (AvgIpc) is 3.14. The fourth-order valence-electron chi connectivity index (χ4n) is 3.21. The van der Waals surface area contributed by atoms with Crippen molar-refractivity contribution >= 4 is 23.6 Å². The Morgan fingerprint density at radius 2 is 1.86 bits per heavy atom. The Hall–Kier alpha value is -2.81. The molecule has 9 heteroatoms. The lowest BCUT2D eigenvalue weighted by molar-refractivity contribution is -0.136. The molecule has 0 aliphatic carbocycles. The van der Waals surface area contributed by atoms with Crippen molar-refractivity contribution in [3.8, 4) is 17.1 Å². The number of carbonyl (C=O) groups excluding carboxylic acids is 2. The lowest BCUT2D eigenvalue weighted by Crippen LogP contribution is -2.50. The van der Waals surface area contributed by atoms with Crippen molar-refractivity contribution in [2.75, 3.05) is 39.0 Å². The standard InChI is InChI=1S/C20H25N5O3S/c1-4-9-25-19(16-7-5-6-8-17(16)28-3)21-22-20(25)29-14-18(27)24-12-10-23(11-13-24)15(2)26/h4-8H,1,9-14H2,2-3H3. The summed E-state index contributed by atoms with van der Waals surface area (Å²) in [5, 5.41) is 9.27. The number of piperazine rings is 1. The van der Waals surface area contributed by atoms with E-state index in [1.807, 2.05) is 28.8 Å². The van der Waals surface area contributed by atoms with E-state index in [4.69, 9.17) is 4.74 Å². The van der Waals surface area contributed by atoms with Crippen LogP contribution in [0, 0.1) is 0 Å². The highest BCUT2D eigenvalue weighted by molar-refractivity contribution is 7.99. The Balaban J connectivity index is 1.70. The van der Waals surface area contributed by atoms with Gasteiger partial charge in [0, 0.05) is 39.6 Å². The van der Waals surface area contributed by atoms with E-state index in [0.29, 0.717) is 49.5 Å². The van der Waals surface area contributed by atoms with Crippen LogP contribution in [0.4, 0.5) is 0 Å². The number of hydrogen-bond acceptors (Lipinski definition) is 6. The van der Waals surface area contributed by atoms with Crippen LogP contribution in [0.2, 0.25) is 0 Å². The van der Waals surface area contributed by atoms with Gasteiger partial charge in [0.15, 0.2) is 11.0 Å². The number of nitrogens with zero attached hydrogens (tertiary/aromatic N) is 5. The summed E-state index contributed by atoms with van der Waals surface area (Å²) in [6.07, 6.45) is 1.77. The van der Waals surface area contributed by atoms with E-state index in [1.165, 1.54) is 11.8 Å². The largest absolute Gasteiger partial charge is 0.496 e. The smallest absolute Gasteiger partial charge is 0.233 e. The first-order chi connectivity index (χ1) is 14.0. The molecule has 0 atom stereocenters. The zero-order valence-electron chi connectivity index (χ0n) is 16.7. The molecular formula is C20H25N5O3S. The summed E-state index contributed by atoms with van der Waals surface area (Å²) in [6.45, 7) is 8.18. The maximum absolute atomic E-state index is 12.6. The number of methoxy groups -OCH3 is 1. The molecule has 0 radical (unpaired) electrons. The van der Waals surface area contributed by atoms with Crippen molar-refractivity contribution in [2.24, 2.45) is 0 Å². The van der Waals surface area contributed by atoms with E-state index >= 15 is 0 Å². The van der Waals surface area contributed by atoms with Gasteiger partial charge in [-0.1, -0.05) is 30.0 Å². The monoisotopic (exact) mass is 415 g/mol. The fraction of sp³-hybridized carbons (Fsp3) is 0.400. The van der Waals surface area contributed by atoms with Crippen LogP contribution in [0.1, 0.15) is 6.92 Å². The quantitative estimate of drug-likeness (QED) is 0.508. The zero-order valence-corrected chi connectivity index (χ0v) is 17.5. The van der Waals surface area contributed by atoms with Crippen molar-refractivity contribution in [1.29, 1.82) is 0 Å². The Kier molecular flexibility index (Phi) is 6.92. The van der Waals surface area contributed by atoms with Crippen LogP contribution in [0.5, 0.6) is 5.75 Å². The van der Waals surface area contributed by atoms with Gasteiger partial charge in [-0.15, -0.1) is 16.8 Å². The normalized spacial score (nSPS) is 14.0. The molecular weight excluding hydrogens is 390 g/mol. The maximum Gasteiger partial charge on any atom is 0.233 e. The first-order valence-electron chi connectivity index (χ1n) is 9.38. The van der Waals surface area contributed by atoms with Crippen molar-refractivity contribution in [3.05, 3.63) is 36.9 Å². The summed E-state index contributed by atoms with van der Waals surface area (Å²) in [6, 6.07) is 7.62.